The fourth-order valence-electron chi connectivity index (χ4n) is 2.96. The van der Waals surface area contributed by atoms with Crippen LogP contribution < -0.4 is 19.5 Å². The molecule has 0 atom stereocenters. The predicted molar refractivity (Wildman–Crippen MR) is 133 cm³/mol. The average Bonchev–Trinajstić information content (AvgIpc) is 2.80. The third-order valence-electron chi connectivity index (χ3n) is 4.68. The van der Waals surface area contributed by atoms with E-state index in [4.69, 9.17) is 44.3 Å². The molecule has 0 spiro atoms. The van der Waals surface area contributed by atoms with Crippen LogP contribution in [-0.2, 0) is 10.0 Å². The molecule has 3 aromatic rings. The summed E-state index contributed by atoms with van der Waals surface area (Å²) in [6.45, 7) is 0. The minimum Gasteiger partial charge on any atom is -0.495 e. The van der Waals surface area contributed by atoms with Crippen LogP contribution in [0.3, 0.4) is 0 Å². The molecule has 0 unspecified atom stereocenters. The van der Waals surface area contributed by atoms with Crippen LogP contribution in [0.5, 0.6) is 11.5 Å². The van der Waals surface area contributed by atoms with E-state index < -0.39 is 48.5 Å². The second kappa shape index (κ2) is 10.7. The Hall–Kier alpha value is -3.32. The number of nitro groups is 1. The van der Waals surface area contributed by atoms with Gasteiger partial charge in [-0.15, -0.1) is 0 Å². The zero-order valence-electron chi connectivity index (χ0n) is 18.3. The Morgan fingerprint density at radius 2 is 1.61 bits per heavy atom. The highest BCUT2D eigenvalue weighted by Crippen LogP contribution is 2.38. The van der Waals surface area contributed by atoms with Crippen molar-refractivity contribution in [3.05, 3.63) is 79.0 Å². The highest BCUT2D eigenvalue weighted by molar-refractivity contribution is 7.92. The van der Waals surface area contributed by atoms with E-state index >= 15 is 0 Å². The second-order valence-electron chi connectivity index (χ2n) is 6.93. The van der Waals surface area contributed by atoms with Gasteiger partial charge in [-0.25, -0.2) is 12.8 Å². The predicted octanol–water partition coefficient (Wildman–Crippen LogP) is 5.76. The maximum absolute atomic E-state index is 14.1. The quantitative estimate of drug-likeness (QED) is 0.256. The highest BCUT2D eigenvalue weighted by atomic mass is 35.5. The summed E-state index contributed by atoms with van der Waals surface area (Å²) in [5.74, 6) is -1.70. The largest absolute Gasteiger partial charge is 0.495 e. The molecule has 0 saturated carbocycles. The molecule has 0 aliphatic rings. The number of rotatable bonds is 8. The SMILES string of the molecule is COc1cc(OC)c(NS(=O)(=O)c2cc(C(=O)Nc3cc([N+](=O)[O-])ccc3F)c(Cl)cc2Cl)cc1Cl. The Bertz CT molecular complexity index is 1490. The first-order valence-electron chi connectivity index (χ1n) is 9.56. The number of amides is 1. The summed E-state index contributed by atoms with van der Waals surface area (Å²) in [6.07, 6.45) is 0. The number of halogens is 4. The van der Waals surface area contributed by atoms with Gasteiger partial charge in [0.25, 0.3) is 21.6 Å². The van der Waals surface area contributed by atoms with Crippen LogP contribution >= 0.6 is 34.8 Å². The molecule has 0 bridgehead atoms. The third kappa shape index (κ3) is 5.73. The van der Waals surface area contributed by atoms with Gasteiger partial charge in [-0.3, -0.25) is 19.6 Å². The molecule has 15 heteroatoms. The summed E-state index contributed by atoms with van der Waals surface area (Å²) >= 11 is 18.3. The summed E-state index contributed by atoms with van der Waals surface area (Å²) in [5.41, 5.74) is -1.44. The van der Waals surface area contributed by atoms with Crippen molar-refractivity contribution < 1.29 is 32.0 Å². The van der Waals surface area contributed by atoms with Crippen LogP contribution in [-0.4, -0.2) is 33.5 Å². The van der Waals surface area contributed by atoms with Gasteiger partial charge in [-0.1, -0.05) is 34.8 Å². The molecule has 3 aromatic carbocycles. The fourth-order valence-corrected chi connectivity index (χ4v) is 5.12. The van der Waals surface area contributed by atoms with Gasteiger partial charge in [0.15, 0.2) is 0 Å². The molecule has 0 aromatic heterocycles. The standard InChI is InChI=1S/C21H15Cl3FN3O7S/c1-34-18-9-19(35-2)17(8-13(18)23)27-36(32,33)20-6-11(12(22)7-14(20)24)21(29)26-16-5-10(28(30)31)3-4-15(16)25/h3-9,27H,1-2H3,(H,26,29). The number of ether oxygens (including phenoxy) is 2. The number of carbonyl (C=O) groups excluding carboxylic acids is 1. The number of hydrogen-bond donors (Lipinski definition) is 2. The van der Waals surface area contributed by atoms with Crippen molar-refractivity contribution in [1.82, 2.24) is 0 Å². The van der Waals surface area contributed by atoms with Crippen molar-refractivity contribution in [3.8, 4) is 11.5 Å². The third-order valence-corrected chi connectivity index (χ3v) is 7.12. The lowest BCUT2D eigenvalue weighted by Gasteiger charge is -2.16. The molecule has 0 aliphatic heterocycles. The van der Waals surface area contributed by atoms with E-state index in [1.165, 1.54) is 26.4 Å². The summed E-state index contributed by atoms with van der Waals surface area (Å²) in [6, 6.07) is 7.00. The molecular weight excluding hydrogens is 564 g/mol. The van der Waals surface area contributed by atoms with Crippen LogP contribution in [0.2, 0.25) is 15.1 Å². The van der Waals surface area contributed by atoms with Gasteiger partial charge in [0.05, 0.1) is 51.1 Å². The van der Waals surface area contributed by atoms with Crippen LogP contribution in [0.1, 0.15) is 10.4 Å². The van der Waals surface area contributed by atoms with Crippen molar-refractivity contribution in [2.24, 2.45) is 0 Å². The minimum atomic E-state index is -4.45. The van der Waals surface area contributed by atoms with E-state index in [0.29, 0.717) is 0 Å². The first-order chi connectivity index (χ1) is 16.9. The van der Waals surface area contributed by atoms with Crippen LogP contribution in [0.15, 0.2) is 47.4 Å². The Morgan fingerprint density at radius 1 is 0.944 bits per heavy atom. The molecule has 0 radical (unpaired) electrons. The average molecular weight is 579 g/mol. The van der Waals surface area contributed by atoms with Crippen molar-refractivity contribution in [1.29, 1.82) is 0 Å². The van der Waals surface area contributed by atoms with Crippen LogP contribution in [0.25, 0.3) is 0 Å². The molecule has 0 saturated heterocycles. The van der Waals surface area contributed by atoms with Gasteiger partial charge < -0.3 is 14.8 Å². The lowest BCUT2D eigenvalue weighted by atomic mass is 10.2. The van der Waals surface area contributed by atoms with Gasteiger partial charge in [0.1, 0.15) is 22.2 Å². The molecule has 0 aliphatic carbocycles. The highest BCUT2D eigenvalue weighted by Gasteiger charge is 2.25. The molecule has 2 N–H and O–H groups in total. The van der Waals surface area contributed by atoms with Gasteiger partial charge in [-0.2, -0.15) is 0 Å². The number of hydrogen-bond acceptors (Lipinski definition) is 7. The first-order valence-corrected chi connectivity index (χ1v) is 12.2. The first kappa shape index (κ1) is 27.3. The minimum absolute atomic E-state index is 0.0565. The van der Waals surface area contributed by atoms with Crippen molar-refractivity contribution in [3.63, 3.8) is 0 Å². The van der Waals surface area contributed by atoms with Gasteiger partial charge >= 0.3 is 0 Å². The summed E-state index contributed by atoms with van der Waals surface area (Å²) in [7, 11) is -1.79. The zero-order chi connectivity index (χ0) is 26.8. The van der Waals surface area contributed by atoms with E-state index in [0.717, 1.165) is 30.3 Å². The Morgan fingerprint density at radius 3 is 2.22 bits per heavy atom. The number of non-ortho nitro benzene ring substituents is 1. The van der Waals surface area contributed by atoms with Crippen LogP contribution in [0, 0.1) is 15.9 Å². The van der Waals surface area contributed by atoms with Crippen molar-refractivity contribution >= 4 is 67.8 Å². The number of benzene rings is 3. The molecule has 0 heterocycles. The second-order valence-corrected chi connectivity index (χ2v) is 9.80. The van der Waals surface area contributed by atoms with E-state index in [-0.39, 0.29) is 32.3 Å². The van der Waals surface area contributed by atoms with E-state index in [9.17, 15) is 27.7 Å². The molecule has 36 heavy (non-hydrogen) atoms. The number of carbonyl (C=O) groups is 1. The summed E-state index contributed by atoms with van der Waals surface area (Å²) < 4.78 is 52.9. The number of nitrogens with one attached hydrogen (secondary N) is 2. The van der Waals surface area contributed by atoms with E-state index in [1.54, 1.807) is 0 Å². The zero-order valence-corrected chi connectivity index (χ0v) is 21.4. The van der Waals surface area contributed by atoms with Crippen LogP contribution in [0.4, 0.5) is 21.5 Å². The number of sulfonamides is 1. The smallest absolute Gasteiger partial charge is 0.271 e. The maximum atomic E-state index is 14.1. The lowest BCUT2D eigenvalue weighted by molar-refractivity contribution is -0.384. The Balaban J connectivity index is 2.00. The summed E-state index contributed by atoms with van der Waals surface area (Å²) in [5, 5.41) is 12.6. The Labute approximate surface area is 219 Å². The van der Waals surface area contributed by atoms with Crippen molar-refractivity contribution in [2.45, 2.75) is 4.90 Å². The number of methoxy groups -OCH3 is 2. The molecular formula is C21H15Cl3FN3O7S. The van der Waals surface area contributed by atoms with E-state index in [1.807, 2.05) is 0 Å². The van der Waals surface area contributed by atoms with Crippen molar-refractivity contribution in [2.75, 3.05) is 24.3 Å². The van der Waals surface area contributed by atoms with Gasteiger partial charge in [0.2, 0.25) is 0 Å². The van der Waals surface area contributed by atoms with Gasteiger partial charge in [0, 0.05) is 18.2 Å². The molecule has 1 amide bonds. The lowest BCUT2D eigenvalue weighted by Crippen LogP contribution is -2.18. The van der Waals surface area contributed by atoms with E-state index in [2.05, 4.69) is 10.0 Å². The maximum Gasteiger partial charge on any atom is 0.271 e. The number of nitro benzene ring substituents is 1. The summed E-state index contributed by atoms with van der Waals surface area (Å²) in [4.78, 5) is 22.4. The number of anilines is 2. The van der Waals surface area contributed by atoms with Gasteiger partial charge in [-0.05, 0) is 24.3 Å². The molecule has 3 rings (SSSR count). The molecule has 0 fully saturated rings. The monoisotopic (exact) mass is 577 g/mol. The fraction of sp³-hybridized carbons (Fsp3) is 0.0952. The molecule has 190 valence electrons. The Kier molecular flexibility index (Phi) is 8.14. The number of nitrogens with zero attached hydrogens (tertiary/aromatic N) is 1. The topological polar surface area (TPSA) is 137 Å². The normalized spacial score (nSPS) is 11.1. The molecule has 10 nitrogen and oxygen atoms in total.